The summed E-state index contributed by atoms with van der Waals surface area (Å²) in [6.07, 6.45) is -7.89. The largest absolute Gasteiger partial charge is 0.416 e. The number of nitrogens with zero attached hydrogens (tertiary/aromatic N) is 2. The number of hydrogen-bond donors (Lipinski definition) is 1. The fraction of sp³-hybridized carbons (Fsp3) is 0.357. The lowest BCUT2D eigenvalue weighted by Crippen LogP contribution is -2.42. The van der Waals surface area contributed by atoms with Crippen LogP contribution >= 0.6 is 0 Å². The number of carbonyl (C=O) groups excluding carboxylic acids is 1. The lowest BCUT2D eigenvalue weighted by atomic mass is 9.81. The molecule has 0 saturated heterocycles. The van der Waals surface area contributed by atoms with Crippen molar-refractivity contribution in [3.8, 4) is 11.1 Å². The molecule has 0 unspecified atom stereocenters. The van der Waals surface area contributed by atoms with Gasteiger partial charge in [-0.2, -0.15) is 26.3 Å². The van der Waals surface area contributed by atoms with Crippen LogP contribution in [-0.2, 0) is 32.4 Å². The average Bonchev–Trinajstić information content (AvgIpc) is 2.85. The number of aromatic nitrogens is 1. The van der Waals surface area contributed by atoms with Gasteiger partial charge in [0.15, 0.2) is 0 Å². The van der Waals surface area contributed by atoms with E-state index in [-0.39, 0.29) is 29.9 Å². The fourth-order valence-corrected chi connectivity index (χ4v) is 4.76. The molecule has 2 aromatic carbocycles. The molecule has 1 amide bonds. The smallest absolute Gasteiger partial charge is 0.369 e. The summed E-state index contributed by atoms with van der Waals surface area (Å²) >= 11 is 0. The summed E-state index contributed by atoms with van der Waals surface area (Å²) in [5, 5.41) is 2.85. The second-order valence-electron chi connectivity index (χ2n) is 10.4. The molecule has 0 radical (unpaired) electrons. The molecule has 1 heterocycles. The molecular formula is C28H28F7N3O3S. The standard InChI is InChI=1S/C28H28F7N3O3S/c1-16-10-20(29)6-7-21(16)22-14-24(36-8-9-42(5,40)41)37-15-23(22)38(4)25(39)26(2,3)17-11-18(27(30,31)32)13-19(12-17)28(33,34)35/h6-7,10-15H,8-9H2,1-5H3,(H,36,37). The van der Waals surface area contributed by atoms with Gasteiger partial charge >= 0.3 is 12.4 Å². The van der Waals surface area contributed by atoms with Crippen molar-refractivity contribution >= 4 is 27.2 Å². The first-order valence-electron chi connectivity index (χ1n) is 12.4. The summed E-state index contributed by atoms with van der Waals surface area (Å²) in [7, 11) is -2.00. The average molecular weight is 620 g/mol. The highest BCUT2D eigenvalue weighted by molar-refractivity contribution is 7.90. The van der Waals surface area contributed by atoms with Crippen LogP contribution in [0.3, 0.4) is 0 Å². The summed E-state index contributed by atoms with van der Waals surface area (Å²) in [5.41, 5.74) is -4.12. The zero-order valence-corrected chi connectivity index (χ0v) is 24.0. The van der Waals surface area contributed by atoms with Gasteiger partial charge < -0.3 is 10.2 Å². The van der Waals surface area contributed by atoms with E-state index < -0.39 is 56.0 Å². The van der Waals surface area contributed by atoms with E-state index in [0.717, 1.165) is 11.2 Å². The third kappa shape index (κ3) is 7.58. The summed E-state index contributed by atoms with van der Waals surface area (Å²) in [5.74, 6) is -1.37. The van der Waals surface area contributed by atoms with E-state index in [1.807, 2.05) is 0 Å². The zero-order valence-electron chi connectivity index (χ0n) is 23.2. The molecular weight excluding hydrogens is 591 g/mol. The van der Waals surface area contributed by atoms with E-state index in [1.54, 1.807) is 6.92 Å². The predicted molar refractivity (Wildman–Crippen MR) is 145 cm³/mol. The van der Waals surface area contributed by atoms with Crippen LogP contribution in [0.15, 0.2) is 48.7 Å². The maximum atomic E-state index is 13.9. The molecule has 42 heavy (non-hydrogen) atoms. The number of pyridine rings is 1. The minimum Gasteiger partial charge on any atom is -0.369 e. The molecule has 3 rings (SSSR count). The molecule has 0 aliphatic heterocycles. The first-order valence-corrected chi connectivity index (χ1v) is 14.4. The van der Waals surface area contributed by atoms with Crippen molar-refractivity contribution in [2.24, 2.45) is 0 Å². The third-order valence-electron chi connectivity index (χ3n) is 6.65. The number of aryl methyl sites for hydroxylation is 1. The van der Waals surface area contributed by atoms with Gasteiger partial charge in [-0.3, -0.25) is 4.79 Å². The van der Waals surface area contributed by atoms with Gasteiger partial charge in [0, 0.05) is 25.4 Å². The van der Waals surface area contributed by atoms with Gasteiger partial charge in [-0.05, 0) is 73.9 Å². The van der Waals surface area contributed by atoms with E-state index in [9.17, 15) is 43.9 Å². The van der Waals surface area contributed by atoms with E-state index >= 15 is 0 Å². The van der Waals surface area contributed by atoms with Gasteiger partial charge in [0.1, 0.15) is 21.5 Å². The number of benzene rings is 2. The number of anilines is 2. The molecule has 0 aliphatic rings. The first kappa shape index (κ1) is 32.8. The lowest BCUT2D eigenvalue weighted by Gasteiger charge is -2.32. The SMILES string of the molecule is Cc1cc(F)ccc1-c1cc(NCCS(C)(=O)=O)ncc1N(C)C(=O)C(C)(C)c1cc(C(F)(F)F)cc(C(F)(F)F)c1. The molecule has 1 N–H and O–H groups in total. The van der Waals surface area contributed by atoms with Crippen LogP contribution in [0.5, 0.6) is 0 Å². The van der Waals surface area contributed by atoms with Crippen molar-refractivity contribution in [3.05, 3.63) is 76.7 Å². The molecule has 228 valence electrons. The Morgan fingerprint density at radius 2 is 1.45 bits per heavy atom. The van der Waals surface area contributed by atoms with Crippen molar-refractivity contribution in [1.29, 1.82) is 0 Å². The highest BCUT2D eigenvalue weighted by Gasteiger charge is 2.41. The Kier molecular flexibility index (Phi) is 9.02. The predicted octanol–water partition coefficient (Wildman–Crippen LogP) is 6.63. The first-order chi connectivity index (χ1) is 19.1. The van der Waals surface area contributed by atoms with Crippen LogP contribution in [0.2, 0.25) is 0 Å². The number of nitrogens with one attached hydrogen (secondary N) is 1. The summed E-state index contributed by atoms with van der Waals surface area (Å²) in [4.78, 5) is 19.0. The van der Waals surface area contributed by atoms with E-state index in [4.69, 9.17) is 0 Å². The molecule has 14 heteroatoms. The monoisotopic (exact) mass is 619 g/mol. The number of halogens is 7. The van der Waals surface area contributed by atoms with Crippen LogP contribution in [0.1, 0.15) is 36.1 Å². The van der Waals surface area contributed by atoms with Gasteiger partial charge in [0.05, 0.1) is 34.2 Å². The molecule has 0 fully saturated rings. The van der Waals surface area contributed by atoms with Crippen LogP contribution in [-0.4, -0.2) is 44.9 Å². The summed E-state index contributed by atoms with van der Waals surface area (Å²) < 4.78 is 118. The molecule has 0 bridgehead atoms. The Morgan fingerprint density at radius 1 is 0.905 bits per heavy atom. The summed E-state index contributed by atoms with van der Waals surface area (Å²) in [6, 6.07) is 6.36. The maximum Gasteiger partial charge on any atom is 0.416 e. The van der Waals surface area contributed by atoms with Gasteiger partial charge in [0.2, 0.25) is 5.91 Å². The summed E-state index contributed by atoms with van der Waals surface area (Å²) in [6.45, 7) is 4.02. The second-order valence-corrected chi connectivity index (χ2v) is 12.6. The van der Waals surface area contributed by atoms with Crippen LogP contribution in [0.25, 0.3) is 11.1 Å². The number of hydrogen-bond acceptors (Lipinski definition) is 5. The van der Waals surface area contributed by atoms with Crippen molar-refractivity contribution in [2.45, 2.75) is 38.5 Å². The van der Waals surface area contributed by atoms with Crippen molar-refractivity contribution < 1.29 is 43.9 Å². The molecule has 6 nitrogen and oxygen atoms in total. The minimum absolute atomic E-state index is 0.00586. The Hall–Kier alpha value is -3.68. The molecule has 3 aromatic rings. The highest BCUT2D eigenvalue weighted by Crippen LogP contribution is 2.41. The molecule has 1 aromatic heterocycles. The van der Waals surface area contributed by atoms with Crippen molar-refractivity contribution in [3.63, 3.8) is 0 Å². The van der Waals surface area contributed by atoms with E-state index in [2.05, 4.69) is 10.3 Å². The van der Waals surface area contributed by atoms with Gasteiger partial charge in [-0.25, -0.2) is 17.8 Å². The van der Waals surface area contributed by atoms with Gasteiger partial charge in [0.25, 0.3) is 0 Å². The molecule has 0 spiro atoms. The third-order valence-corrected chi connectivity index (χ3v) is 7.60. The number of alkyl halides is 6. The number of likely N-dealkylation sites (N-methyl/N-ethyl adjacent to an activating group) is 1. The Labute approximate surface area is 238 Å². The van der Waals surface area contributed by atoms with Crippen LogP contribution < -0.4 is 10.2 Å². The Balaban J connectivity index is 2.12. The molecule has 0 atom stereocenters. The minimum atomic E-state index is -5.10. The van der Waals surface area contributed by atoms with E-state index in [0.29, 0.717) is 28.8 Å². The topological polar surface area (TPSA) is 79.4 Å². The fourth-order valence-electron chi connectivity index (χ4n) is 4.29. The highest BCUT2D eigenvalue weighted by atomic mass is 32.2. The maximum absolute atomic E-state index is 13.9. The Morgan fingerprint density at radius 3 is 1.95 bits per heavy atom. The van der Waals surface area contributed by atoms with Gasteiger partial charge in [-0.1, -0.05) is 6.07 Å². The van der Waals surface area contributed by atoms with Crippen molar-refractivity contribution in [2.75, 3.05) is 35.8 Å². The number of amides is 1. The lowest BCUT2D eigenvalue weighted by molar-refractivity contribution is -0.143. The van der Waals surface area contributed by atoms with E-state index in [1.165, 1.54) is 51.4 Å². The van der Waals surface area contributed by atoms with Crippen molar-refractivity contribution in [1.82, 2.24) is 4.98 Å². The normalized spacial score (nSPS) is 12.8. The van der Waals surface area contributed by atoms with Gasteiger partial charge in [-0.15, -0.1) is 0 Å². The zero-order chi connectivity index (χ0) is 31.8. The van der Waals surface area contributed by atoms with Crippen LogP contribution in [0.4, 0.5) is 42.2 Å². The number of rotatable bonds is 8. The number of carbonyl (C=O) groups is 1. The Bertz CT molecular complexity index is 1570. The van der Waals surface area contributed by atoms with Crippen LogP contribution in [0, 0.1) is 12.7 Å². The second kappa shape index (κ2) is 11.5. The quantitative estimate of drug-likeness (QED) is 0.287. The molecule has 0 aliphatic carbocycles. The number of sulfone groups is 1. The molecule has 0 saturated carbocycles.